The highest BCUT2D eigenvalue weighted by atomic mass is 35.5. The van der Waals surface area contributed by atoms with Crippen molar-refractivity contribution in [3.63, 3.8) is 0 Å². The van der Waals surface area contributed by atoms with Crippen LogP contribution in [0.3, 0.4) is 0 Å². The Morgan fingerprint density at radius 2 is 2.24 bits per heavy atom. The summed E-state index contributed by atoms with van der Waals surface area (Å²) in [4.78, 5) is 2.48. The Kier molecular flexibility index (Phi) is 6.34. The van der Waals surface area contributed by atoms with Crippen molar-refractivity contribution in [3.05, 3.63) is 28.8 Å². The van der Waals surface area contributed by atoms with Gasteiger partial charge in [0, 0.05) is 48.1 Å². The molecule has 1 aromatic carbocycles. The van der Waals surface area contributed by atoms with E-state index in [0.717, 1.165) is 31.0 Å². The normalized spacial score (nSPS) is 18.7. The summed E-state index contributed by atoms with van der Waals surface area (Å²) in [5.74, 6) is 0. The minimum atomic E-state index is 0.279. The van der Waals surface area contributed by atoms with Crippen LogP contribution in [-0.4, -0.2) is 30.3 Å². The number of halogens is 1. The number of hydrogen-bond donors (Lipinski definition) is 2. The number of nitrogens with one attached hydrogen (secondary N) is 1. The van der Waals surface area contributed by atoms with E-state index in [4.69, 9.17) is 16.7 Å². The Hall–Kier alpha value is -0.770. The molecule has 21 heavy (non-hydrogen) atoms. The van der Waals surface area contributed by atoms with Gasteiger partial charge in [-0.1, -0.05) is 31.5 Å². The van der Waals surface area contributed by atoms with Gasteiger partial charge in [-0.2, -0.15) is 0 Å². The average molecular weight is 311 g/mol. The first-order chi connectivity index (χ1) is 10.1. The van der Waals surface area contributed by atoms with Crippen molar-refractivity contribution in [1.29, 1.82) is 0 Å². The zero-order valence-corrected chi connectivity index (χ0v) is 13.9. The van der Waals surface area contributed by atoms with Crippen LogP contribution in [-0.2, 0) is 6.54 Å². The van der Waals surface area contributed by atoms with Crippen molar-refractivity contribution in [2.75, 3.05) is 18.1 Å². The second-order valence-corrected chi connectivity index (χ2v) is 6.54. The van der Waals surface area contributed by atoms with Gasteiger partial charge in [0.1, 0.15) is 0 Å². The first kappa shape index (κ1) is 16.6. The van der Waals surface area contributed by atoms with Gasteiger partial charge in [0.05, 0.1) is 0 Å². The molecule has 3 nitrogen and oxygen atoms in total. The third kappa shape index (κ3) is 4.35. The molecule has 0 aliphatic carbocycles. The molecule has 0 spiro atoms. The molecule has 4 heteroatoms. The van der Waals surface area contributed by atoms with Gasteiger partial charge in [-0.25, -0.2) is 0 Å². The van der Waals surface area contributed by atoms with Crippen molar-refractivity contribution < 1.29 is 5.11 Å². The fraction of sp³-hybridized carbons (Fsp3) is 0.647. The fourth-order valence-electron chi connectivity index (χ4n) is 3.08. The molecule has 118 valence electrons. The maximum absolute atomic E-state index is 9.08. The lowest BCUT2D eigenvalue weighted by atomic mass is 10.1. The third-order valence-electron chi connectivity index (χ3n) is 4.16. The Morgan fingerprint density at radius 1 is 1.43 bits per heavy atom. The van der Waals surface area contributed by atoms with Crippen LogP contribution in [0.5, 0.6) is 0 Å². The summed E-state index contributed by atoms with van der Waals surface area (Å²) >= 11 is 6.44. The molecule has 0 radical (unpaired) electrons. The van der Waals surface area contributed by atoms with Gasteiger partial charge >= 0.3 is 0 Å². The minimum Gasteiger partial charge on any atom is -0.396 e. The van der Waals surface area contributed by atoms with Gasteiger partial charge < -0.3 is 15.3 Å². The maximum atomic E-state index is 9.08. The van der Waals surface area contributed by atoms with Crippen LogP contribution in [0.1, 0.15) is 45.1 Å². The molecule has 0 bridgehead atoms. The summed E-state index contributed by atoms with van der Waals surface area (Å²) in [6.45, 7) is 6.47. The zero-order chi connectivity index (χ0) is 15.2. The van der Waals surface area contributed by atoms with E-state index in [1.165, 1.54) is 24.1 Å². The summed E-state index contributed by atoms with van der Waals surface area (Å²) in [5.41, 5.74) is 2.46. The van der Waals surface area contributed by atoms with E-state index in [2.05, 4.69) is 30.1 Å². The molecule has 2 rings (SSSR count). The van der Waals surface area contributed by atoms with Gasteiger partial charge in [-0.15, -0.1) is 0 Å². The summed E-state index contributed by atoms with van der Waals surface area (Å²) in [6, 6.07) is 7.17. The molecule has 0 aromatic heterocycles. The topological polar surface area (TPSA) is 35.5 Å². The number of nitrogens with zero attached hydrogens (tertiary/aromatic N) is 1. The Bertz CT molecular complexity index is 450. The van der Waals surface area contributed by atoms with Crippen LogP contribution < -0.4 is 10.2 Å². The predicted octanol–water partition coefficient (Wildman–Crippen LogP) is 3.58. The standard InChI is InChI=1S/C17H27ClN2O/c1-13(2)19-12-15-16(18)8-3-9-17(15)20-10-4-6-14(20)7-5-11-21/h3,8-9,13-14,19,21H,4-7,10-12H2,1-2H3. The van der Waals surface area contributed by atoms with E-state index >= 15 is 0 Å². The molecule has 1 unspecified atom stereocenters. The quantitative estimate of drug-likeness (QED) is 0.808. The molecule has 1 fully saturated rings. The fourth-order valence-corrected chi connectivity index (χ4v) is 3.31. The van der Waals surface area contributed by atoms with Crippen LogP contribution in [0.25, 0.3) is 0 Å². The highest BCUT2D eigenvalue weighted by Crippen LogP contribution is 2.34. The summed E-state index contributed by atoms with van der Waals surface area (Å²) in [6.07, 6.45) is 4.37. The molecule has 1 aromatic rings. The number of hydrogen-bond acceptors (Lipinski definition) is 3. The molecule has 1 aliphatic heterocycles. The lowest BCUT2D eigenvalue weighted by Gasteiger charge is -2.29. The van der Waals surface area contributed by atoms with Gasteiger partial charge in [-0.05, 0) is 37.8 Å². The number of aliphatic hydroxyl groups is 1. The molecule has 2 N–H and O–H groups in total. The highest BCUT2D eigenvalue weighted by Gasteiger charge is 2.26. The second kappa shape index (κ2) is 8.02. The van der Waals surface area contributed by atoms with Crippen LogP contribution in [0.2, 0.25) is 5.02 Å². The van der Waals surface area contributed by atoms with Crippen LogP contribution in [0, 0.1) is 0 Å². The van der Waals surface area contributed by atoms with E-state index in [1.54, 1.807) is 0 Å². The number of anilines is 1. The van der Waals surface area contributed by atoms with E-state index in [1.807, 2.05) is 12.1 Å². The van der Waals surface area contributed by atoms with Crippen LogP contribution >= 0.6 is 11.6 Å². The molecule has 1 heterocycles. The maximum Gasteiger partial charge on any atom is 0.0471 e. The van der Waals surface area contributed by atoms with Crippen molar-refractivity contribution in [2.24, 2.45) is 0 Å². The van der Waals surface area contributed by atoms with E-state index in [-0.39, 0.29) is 6.61 Å². The predicted molar refractivity (Wildman–Crippen MR) is 90.1 cm³/mol. The Labute approximate surface area is 133 Å². The largest absolute Gasteiger partial charge is 0.396 e. The van der Waals surface area contributed by atoms with E-state index in [9.17, 15) is 0 Å². The van der Waals surface area contributed by atoms with Crippen LogP contribution in [0.15, 0.2) is 18.2 Å². The molecular formula is C17H27ClN2O. The smallest absolute Gasteiger partial charge is 0.0471 e. The van der Waals surface area contributed by atoms with Crippen LogP contribution in [0.4, 0.5) is 5.69 Å². The monoisotopic (exact) mass is 310 g/mol. The lowest BCUT2D eigenvalue weighted by molar-refractivity contribution is 0.279. The van der Waals surface area contributed by atoms with Gasteiger partial charge in [0.25, 0.3) is 0 Å². The molecule has 1 aliphatic rings. The summed E-state index contributed by atoms with van der Waals surface area (Å²) < 4.78 is 0. The van der Waals surface area contributed by atoms with Crippen molar-refractivity contribution in [3.8, 4) is 0 Å². The van der Waals surface area contributed by atoms with Gasteiger partial charge in [-0.3, -0.25) is 0 Å². The average Bonchev–Trinajstić information content (AvgIpc) is 2.91. The molecule has 1 atom stereocenters. The zero-order valence-electron chi connectivity index (χ0n) is 13.1. The second-order valence-electron chi connectivity index (χ2n) is 6.13. The number of aliphatic hydroxyl groups excluding tert-OH is 1. The molecule has 0 saturated carbocycles. The van der Waals surface area contributed by atoms with E-state index in [0.29, 0.717) is 12.1 Å². The molecular weight excluding hydrogens is 284 g/mol. The number of rotatable bonds is 7. The van der Waals surface area contributed by atoms with Crippen molar-refractivity contribution >= 4 is 17.3 Å². The first-order valence-corrected chi connectivity index (χ1v) is 8.39. The summed E-state index contributed by atoms with van der Waals surface area (Å²) in [7, 11) is 0. The number of benzene rings is 1. The highest BCUT2D eigenvalue weighted by molar-refractivity contribution is 6.31. The molecule has 0 amide bonds. The Balaban J connectivity index is 2.19. The third-order valence-corrected chi connectivity index (χ3v) is 4.52. The lowest BCUT2D eigenvalue weighted by Crippen LogP contribution is -2.31. The van der Waals surface area contributed by atoms with Gasteiger partial charge in [0.15, 0.2) is 0 Å². The minimum absolute atomic E-state index is 0.279. The summed E-state index contributed by atoms with van der Waals surface area (Å²) in [5, 5.41) is 13.4. The van der Waals surface area contributed by atoms with Crippen molar-refractivity contribution in [1.82, 2.24) is 5.32 Å². The SMILES string of the molecule is CC(C)NCc1c(Cl)cccc1N1CCCC1CCCO. The molecule has 1 saturated heterocycles. The Morgan fingerprint density at radius 3 is 2.95 bits per heavy atom. The van der Waals surface area contributed by atoms with E-state index < -0.39 is 0 Å². The van der Waals surface area contributed by atoms with Gasteiger partial charge in [0.2, 0.25) is 0 Å². The first-order valence-electron chi connectivity index (χ1n) is 8.01. The van der Waals surface area contributed by atoms with Crippen molar-refractivity contribution in [2.45, 2.75) is 58.2 Å².